The Labute approximate surface area is 118 Å². The van der Waals surface area contributed by atoms with Gasteiger partial charge in [-0.1, -0.05) is 18.2 Å². The predicted molar refractivity (Wildman–Crippen MR) is 76.6 cm³/mol. The Morgan fingerprint density at radius 1 is 1.15 bits per heavy atom. The van der Waals surface area contributed by atoms with E-state index in [2.05, 4.69) is 0 Å². The van der Waals surface area contributed by atoms with Crippen LogP contribution in [0.3, 0.4) is 0 Å². The van der Waals surface area contributed by atoms with Crippen LogP contribution >= 0.6 is 0 Å². The third kappa shape index (κ3) is 3.08. The van der Waals surface area contributed by atoms with E-state index in [0.717, 1.165) is 16.9 Å². The lowest BCUT2D eigenvalue weighted by molar-refractivity contribution is 0.207. The molecule has 0 aliphatic heterocycles. The summed E-state index contributed by atoms with van der Waals surface area (Å²) < 4.78 is 24.3. The minimum absolute atomic E-state index is 0.281. The molecule has 0 fully saturated rings. The second-order valence-electron chi connectivity index (χ2n) is 4.49. The number of rotatable bonds is 5. The molecule has 0 saturated carbocycles. The Hall–Kier alpha value is -2.07. The van der Waals surface area contributed by atoms with Gasteiger partial charge in [-0.15, -0.1) is 0 Å². The average Bonchev–Trinajstić information content (AvgIpc) is 2.46. The zero-order valence-corrected chi connectivity index (χ0v) is 11.6. The number of methoxy groups -OCH3 is 1. The van der Waals surface area contributed by atoms with Gasteiger partial charge in [0, 0.05) is 12.1 Å². The molecular weight excluding hydrogens is 257 g/mol. The lowest BCUT2D eigenvalue weighted by atomic mass is 10.1. The van der Waals surface area contributed by atoms with Crippen LogP contribution in [0.1, 0.15) is 17.2 Å². The first kappa shape index (κ1) is 14.3. The van der Waals surface area contributed by atoms with Crippen molar-refractivity contribution < 1.29 is 13.9 Å². The first-order chi connectivity index (χ1) is 9.65. The van der Waals surface area contributed by atoms with Crippen molar-refractivity contribution in [3.8, 4) is 11.5 Å². The van der Waals surface area contributed by atoms with Crippen molar-refractivity contribution in [1.82, 2.24) is 0 Å². The molecule has 0 bridgehead atoms. The van der Waals surface area contributed by atoms with Gasteiger partial charge >= 0.3 is 0 Å². The van der Waals surface area contributed by atoms with Gasteiger partial charge in [0.2, 0.25) is 0 Å². The summed E-state index contributed by atoms with van der Waals surface area (Å²) in [5, 5.41) is 0. The van der Waals surface area contributed by atoms with Crippen LogP contribution in [-0.2, 0) is 0 Å². The van der Waals surface area contributed by atoms with Gasteiger partial charge in [0.05, 0.1) is 7.11 Å². The lowest BCUT2D eigenvalue weighted by Gasteiger charge is -2.21. The second kappa shape index (κ2) is 6.39. The maximum atomic E-state index is 13.1. The number of benzene rings is 2. The summed E-state index contributed by atoms with van der Waals surface area (Å²) in [5.74, 6) is 1.06. The molecule has 0 heterocycles. The number of para-hydroxylation sites is 1. The van der Waals surface area contributed by atoms with Crippen LogP contribution in [0, 0.1) is 12.7 Å². The van der Waals surface area contributed by atoms with Crippen molar-refractivity contribution in [1.29, 1.82) is 0 Å². The van der Waals surface area contributed by atoms with Crippen LogP contribution in [0.2, 0.25) is 0 Å². The molecule has 3 nitrogen and oxygen atoms in total. The molecule has 0 spiro atoms. The number of ether oxygens (including phenoxy) is 2. The summed E-state index contributed by atoms with van der Waals surface area (Å²) in [6.45, 7) is 2.10. The summed E-state index contributed by atoms with van der Waals surface area (Å²) in [6, 6.07) is 12.0. The van der Waals surface area contributed by atoms with Gasteiger partial charge in [0.15, 0.2) is 0 Å². The molecule has 0 aromatic heterocycles. The third-order valence-electron chi connectivity index (χ3n) is 3.11. The molecule has 0 amide bonds. The number of aryl methyl sites for hydroxylation is 1. The fourth-order valence-corrected chi connectivity index (χ4v) is 2.07. The van der Waals surface area contributed by atoms with E-state index in [-0.39, 0.29) is 11.9 Å². The molecule has 0 aliphatic carbocycles. The van der Waals surface area contributed by atoms with Gasteiger partial charge in [-0.25, -0.2) is 4.39 Å². The maximum absolute atomic E-state index is 13.1. The quantitative estimate of drug-likeness (QED) is 0.911. The topological polar surface area (TPSA) is 44.5 Å². The standard InChI is InChI=1S/C16H18FNO2/c1-11-9-12(17)7-8-14(11)20-16(10-18)13-5-3-4-6-15(13)19-2/h3-9,16H,10,18H2,1-2H3. The van der Waals surface area contributed by atoms with E-state index in [1.165, 1.54) is 12.1 Å². The highest BCUT2D eigenvalue weighted by Gasteiger charge is 2.17. The average molecular weight is 275 g/mol. The van der Waals surface area contributed by atoms with Gasteiger partial charge < -0.3 is 15.2 Å². The lowest BCUT2D eigenvalue weighted by Crippen LogP contribution is -2.19. The summed E-state index contributed by atoms with van der Waals surface area (Å²) in [5.41, 5.74) is 7.41. The van der Waals surface area contributed by atoms with Crippen LogP contribution in [0.5, 0.6) is 11.5 Å². The van der Waals surface area contributed by atoms with Crippen LogP contribution in [0.15, 0.2) is 42.5 Å². The summed E-state index contributed by atoms with van der Waals surface area (Å²) in [6.07, 6.45) is -0.338. The largest absolute Gasteiger partial charge is 0.496 e. The van der Waals surface area contributed by atoms with Crippen molar-refractivity contribution >= 4 is 0 Å². The van der Waals surface area contributed by atoms with Crippen molar-refractivity contribution in [3.05, 3.63) is 59.4 Å². The van der Waals surface area contributed by atoms with Crippen LogP contribution < -0.4 is 15.2 Å². The molecule has 106 valence electrons. The maximum Gasteiger partial charge on any atom is 0.139 e. The van der Waals surface area contributed by atoms with E-state index in [1.807, 2.05) is 24.3 Å². The molecule has 0 radical (unpaired) electrons. The van der Waals surface area contributed by atoms with Crippen LogP contribution in [0.4, 0.5) is 4.39 Å². The van der Waals surface area contributed by atoms with Crippen molar-refractivity contribution in [2.24, 2.45) is 5.73 Å². The zero-order valence-electron chi connectivity index (χ0n) is 11.6. The van der Waals surface area contributed by atoms with Crippen molar-refractivity contribution in [2.45, 2.75) is 13.0 Å². The first-order valence-corrected chi connectivity index (χ1v) is 6.41. The highest BCUT2D eigenvalue weighted by atomic mass is 19.1. The Morgan fingerprint density at radius 2 is 1.90 bits per heavy atom. The fourth-order valence-electron chi connectivity index (χ4n) is 2.07. The SMILES string of the molecule is COc1ccccc1C(CN)Oc1ccc(F)cc1C. The Balaban J connectivity index is 2.29. The summed E-state index contributed by atoms with van der Waals surface area (Å²) >= 11 is 0. The van der Waals surface area contributed by atoms with E-state index in [4.69, 9.17) is 15.2 Å². The first-order valence-electron chi connectivity index (χ1n) is 6.41. The van der Waals surface area contributed by atoms with E-state index in [0.29, 0.717) is 12.3 Å². The minimum Gasteiger partial charge on any atom is -0.496 e. The fraction of sp³-hybridized carbons (Fsp3) is 0.250. The van der Waals surface area contributed by atoms with Crippen LogP contribution in [-0.4, -0.2) is 13.7 Å². The molecule has 1 unspecified atom stereocenters. The van der Waals surface area contributed by atoms with Crippen molar-refractivity contribution in [3.63, 3.8) is 0 Å². The minimum atomic E-state index is -0.338. The molecule has 0 saturated heterocycles. The molecule has 2 rings (SSSR count). The molecule has 2 aromatic rings. The second-order valence-corrected chi connectivity index (χ2v) is 4.49. The van der Waals surface area contributed by atoms with E-state index >= 15 is 0 Å². The molecule has 2 aromatic carbocycles. The summed E-state index contributed by atoms with van der Waals surface area (Å²) in [4.78, 5) is 0. The Morgan fingerprint density at radius 3 is 2.55 bits per heavy atom. The van der Waals surface area contributed by atoms with Crippen LogP contribution in [0.25, 0.3) is 0 Å². The molecule has 0 aliphatic rings. The molecule has 1 atom stereocenters. The smallest absolute Gasteiger partial charge is 0.139 e. The van der Waals surface area contributed by atoms with Gasteiger partial charge in [-0.3, -0.25) is 0 Å². The van der Waals surface area contributed by atoms with Gasteiger partial charge in [0.1, 0.15) is 23.4 Å². The number of hydrogen-bond acceptors (Lipinski definition) is 3. The predicted octanol–water partition coefficient (Wildman–Crippen LogP) is 3.22. The molecule has 20 heavy (non-hydrogen) atoms. The van der Waals surface area contributed by atoms with Gasteiger partial charge in [-0.2, -0.15) is 0 Å². The van der Waals surface area contributed by atoms with Gasteiger partial charge in [0.25, 0.3) is 0 Å². The highest BCUT2D eigenvalue weighted by Crippen LogP contribution is 2.30. The normalized spacial score (nSPS) is 12.0. The Bertz CT molecular complexity index is 586. The Kier molecular flexibility index (Phi) is 4.58. The molecular formula is C16H18FNO2. The monoisotopic (exact) mass is 275 g/mol. The van der Waals surface area contributed by atoms with E-state index in [1.54, 1.807) is 20.1 Å². The summed E-state index contributed by atoms with van der Waals surface area (Å²) in [7, 11) is 1.61. The number of nitrogens with two attached hydrogens (primary N) is 1. The number of halogens is 1. The molecule has 4 heteroatoms. The van der Waals surface area contributed by atoms with E-state index < -0.39 is 0 Å². The highest BCUT2D eigenvalue weighted by molar-refractivity contribution is 5.38. The molecule has 2 N–H and O–H groups in total. The van der Waals surface area contributed by atoms with E-state index in [9.17, 15) is 4.39 Å². The van der Waals surface area contributed by atoms with Gasteiger partial charge in [-0.05, 0) is 36.8 Å². The van der Waals surface area contributed by atoms with Crippen molar-refractivity contribution in [2.75, 3.05) is 13.7 Å². The number of hydrogen-bond donors (Lipinski definition) is 1. The zero-order chi connectivity index (χ0) is 14.5. The third-order valence-corrected chi connectivity index (χ3v) is 3.11.